The monoisotopic (exact) mass is 331 g/mol. The van der Waals surface area contributed by atoms with Crippen LogP contribution < -0.4 is 5.19 Å². The van der Waals surface area contributed by atoms with E-state index in [2.05, 4.69) is 104 Å². The van der Waals surface area contributed by atoms with E-state index in [-0.39, 0.29) is 0 Å². The minimum atomic E-state index is -1.28. The summed E-state index contributed by atoms with van der Waals surface area (Å²) in [6.45, 7) is 9.31. The summed E-state index contributed by atoms with van der Waals surface area (Å²) in [4.78, 5) is 4.68. The van der Waals surface area contributed by atoms with Gasteiger partial charge in [-0.25, -0.2) is 0 Å². The molecule has 0 aliphatic heterocycles. The van der Waals surface area contributed by atoms with Gasteiger partial charge in [-0.3, -0.25) is 4.98 Å². The van der Waals surface area contributed by atoms with Crippen LogP contribution in [-0.2, 0) is 0 Å². The molecule has 0 spiro atoms. The van der Waals surface area contributed by atoms with Gasteiger partial charge < -0.3 is 0 Å². The highest BCUT2D eigenvalue weighted by Gasteiger charge is 2.16. The van der Waals surface area contributed by atoms with Crippen molar-refractivity contribution in [3.05, 3.63) is 84.1 Å². The van der Waals surface area contributed by atoms with E-state index >= 15 is 0 Å². The highest BCUT2D eigenvalue weighted by Crippen LogP contribution is 2.26. The highest BCUT2D eigenvalue weighted by atomic mass is 28.3. The van der Waals surface area contributed by atoms with Gasteiger partial charge in [0.25, 0.3) is 0 Å². The molecule has 2 heteroatoms. The molecule has 3 rings (SSSR count). The molecule has 0 aliphatic carbocycles. The second-order valence-electron chi connectivity index (χ2n) is 7.44. The summed E-state index contributed by atoms with van der Waals surface area (Å²) in [6, 6.07) is 23.9. The standard InChI is InChI=1S/C22H25NSi/c1-17(18-8-6-5-7-9-18)19-10-12-20(13-11-19)22-15-14-21(16-23-22)24(2,3)4/h5-17H,1-4H3. The summed E-state index contributed by atoms with van der Waals surface area (Å²) in [5, 5.41) is 1.40. The number of nitrogens with zero attached hydrogens (tertiary/aromatic N) is 1. The fourth-order valence-electron chi connectivity index (χ4n) is 2.88. The summed E-state index contributed by atoms with van der Waals surface area (Å²) < 4.78 is 0. The van der Waals surface area contributed by atoms with Gasteiger partial charge in [0.05, 0.1) is 13.8 Å². The van der Waals surface area contributed by atoms with Crippen molar-refractivity contribution in [3.8, 4) is 11.3 Å². The zero-order valence-corrected chi connectivity index (χ0v) is 16.0. The molecule has 1 unspecified atom stereocenters. The van der Waals surface area contributed by atoms with Crippen LogP contribution >= 0.6 is 0 Å². The van der Waals surface area contributed by atoms with Crippen molar-refractivity contribution in [1.82, 2.24) is 4.98 Å². The molecule has 0 saturated heterocycles. The van der Waals surface area contributed by atoms with Crippen molar-refractivity contribution < 1.29 is 0 Å². The Hall–Kier alpha value is -2.19. The van der Waals surface area contributed by atoms with Gasteiger partial charge >= 0.3 is 0 Å². The lowest BCUT2D eigenvalue weighted by molar-refractivity contribution is 0.922. The summed E-state index contributed by atoms with van der Waals surface area (Å²) in [6.07, 6.45) is 2.06. The van der Waals surface area contributed by atoms with E-state index in [1.807, 2.05) is 0 Å². The third-order valence-corrected chi connectivity index (χ3v) is 6.66. The predicted molar refractivity (Wildman–Crippen MR) is 107 cm³/mol. The Kier molecular flexibility index (Phi) is 4.68. The van der Waals surface area contributed by atoms with E-state index in [0.29, 0.717) is 5.92 Å². The number of rotatable bonds is 4. The Morgan fingerprint density at radius 2 is 1.38 bits per heavy atom. The zero-order valence-electron chi connectivity index (χ0n) is 15.0. The van der Waals surface area contributed by atoms with Crippen molar-refractivity contribution in [3.63, 3.8) is 0 Å². The lowest BCUT2D eigenvalue weighted by Gasteiger charge is -2.16. The van der Waals surface area contributed by atoms with Crippen molar-refractivity contribution in [1.29, 1.82) is 0 Å². The molecular weight excluding hydrogens is 306 g/mol. The molecule has 0 aliphatic rings. The minimum absolute atomic E-state index is 0.405. The van der Waals surface area contributed by atoms with E-state index < -0.39 is 8.07 Å². The van der Waals surface area contributed by atoms with E-state index in [1.54, 1.807) is 0 Å². The van der Waals surface area contributed by atoms with Gasteiger partial charge in [0, 0.05) is 17.7 Å². The quantitative estimate of drug-likeness (QED) is 0.580. The summed E-state index contributed by atoms with van der Waals surface area (Å²) >= 11 is 0. The van der Waals surface area contributed by atoms with Crippen molar-refractivity contribution >= 4 is 13.3 Å². The largest absolute Gasteiger partial charge is 0.256 e. The van der Waals surface area contributed by atoms with Gasteiger partial charge in [-0.05, 0) is 22.4 Å². The molecule has 0 radical (unpaired) electrons. The molecule has 24 heavy (non-hydrogen) atoms. The maximum atomic E-state index is 4.68. The smallest absolute Gasteiger partial charge is 0.0796 e. The Labute approximate surface area is 146 Å². The molecule has 0 saturated carbocycles. The third-order valence-electron chi connectivity index (χ3n) is 4.64. The Balaban J connectivity index is 1.82. The topological polar surface area (TPSA) is 12.9 Å². The van der Waals surface area contributed by atoms with Crippen molar-refractivity contribution in [2.75, 3.05) is 0 Å². The van der Waals surface area contributed by atoms with Gasteiger partial charge in [-0.1, -0.05) is 87.2 Å². The van der Waals surface area contributed by atoms with Gasteiger partial charge in [0.15, 0.2) is 0 Å². The second kappa shape index (κ2) is 6.74. The highest BCUT2D eigenvalue weighted by molar-refractivity contribution is 6.88. The fraction of sp³-hybridized carbons (Fsp3) is 0.227. The molecular formula is C22H25NSi. The summed E-state index contributed by atoms with van der Waals surface area (Å²) in [5.74, 6) is 0.405. The van der Waals surface area contributed by atoms with Crippen LogP contribution in [0.15, 0.2) is 72.9 Å². The molecule has 0 N–H and O–H groups in total. The maximum Gasteiger partial charge on any atom is 0.0796 e. The lowest BCUT2D eigenvalue weighted by atomic mass is 9.92. The second-order valence-corrected chi connectivity index (χ2v) is 12.5. The first-order valence-electron chi connectivity index (χ1n) is 8.57. The number of aromatic nitrogens is 1. The van der Waals surface area contributed by atoms with Crippen molar-refractivity contribution in [2.45, 2.75) is 32.5 Å². The predicted octanol–water partition coefficient (Wildman–Crippen LogP) is 5.45. The van der Waals surface area contributed by atoms with E-state index in [4.69, 9.17) is 0 Å². The maximum absolute atomic E-state index is 4.68. The van der Waals surface area contributed by atoms with E-state index in [0.717, 1.165) is 5.69 Å². The summed E-state index contributed by atoms with van der Waals surface area (Å²) in [7, 11) is -1.28. The Bertz CT molecular complexity index is 784. The normalized spacial score (nSPS) is 12.8. The van der Waals surface area contributed by atoms with Gasteiger partial charge in [0.1, 0.15) is 0 Å². The average molecular weight is 332 g/mol. The molecule has 122 valence electrons. The zero-order chi connectivity index (χ0) is 17.2. The molecule has 2 aromatic carbocycles. The Morgan fingerprint density at radius 1 is 0.750 bits per heavy atom. The summed E-state index contributed by atoms with van der Waals surface area (Å²) in [5.41, 5.74) is 4.92. The molecule has 1 heterocycles. The van der Waals surface area contributed by atoms with E-state index in [9.17, 15) is 0 Å². The van der Waals surface area contributed by atoms with Crippen LogP contribution in [0.2, 0.25) is 19.6 Å². The lowest BCUT2D eigenvalue weighted by Crippen LogP contribution is -2.37. The molecule has 0 bridgehead atoms. The fourth-order valence-corrected chi connectivity index (χ4v) is 3.92. The van der Waals surface area contributed by atoms with Crippen LogP contribution in [0.4, 0.5) is 0 Å². The van der Waals surface area contributed by atoms with Gasteiger partial charge in [-0.2, -0.15) is 0 Å². The van der Waals surface area contributed by atoms with Crippen LogP contribution in [0.5, 0.6) is 0 Å². The van der Waals surface area contributed by atoms with Crippen LogP contribution in [-0.4, -0.2) is 13.1 Å². The number of hydrogen-bond donors (Lipinski definition) is 0. The van der Waals surface area contributed by atoms with Crippen LogP contribution in [0.3, 0.4) is 0 Å². The first-order valence-corrected chi connectivity index (χ1v) is 12.1. The first-order chi connectivity index (χ1) is 11.4. The molecule has 1 atom stereocenters. The van der Waals surface area contributed by atoms with Crippen LogP contribution in [0.1, 0.15) is 24.0 Å². The minimum Gasteiger partial charge on any atom is -0.256 e. The van der Waals surface area contributed by atoms with Crippen molar-refractivity contribution in [2.24, 2.45) is 0 Å². The molecule has 3 aromatic rings. The average Bonchev–Trinajstić information content (AvgIpc) is 2.61. The Morgan fingerprint density at radius 3 is 1.92 bits per heavy atom. The first kappa shape index (κ1) is 16.7. The molecule has 0 fully saturated rings. The SMILES string of the molecule is CC(c1ccccc1)c1ccc(-c2ccc([Si](C)(C)C)cn2)cc1. The molecule has 1 nitrogen and oxygen atoms in total. The van der Waals surface area contributed by atoms with Crippen LogP contribution in [0.25, 0.3) is 11.3 Å². The van der Waals surface area contributed by atoms with E-state index in [1.165, 1.54) is 21.9 Å². The number of pyridine rings is 1. The third kappa shape index (κ3) is 3.65. The van der Waals surface area contributed by atoms with Gasteiger partial charge in [-0.15, -0.1) is 0 Å². The van der Waals surface area contributed by atoms with Crippen LogP contribution in [0, 0.1) is 0 Å². The van der Waals surface area contributed by atoms with Gasteiger partial charge in [0.2, 0.25) is 0 Å². The molecule has 0 amide bonds. The molecule has 1 aromatic heterocycles. The number of hydrogen-bond acceptors (Lipinski definition) is 1. The number of benzene rings is 2.